The number of benzene rings is 1. The van der Waals surface area contributed by atoms with Crippen LogP contribution in [0.4, 0.5) is 0 Å². The lowest BCUT2D eigenvalue weighted by Crippen LogP contribution is -2.19. The van der Waals surface area contributed by atoms with Gasteiger partial charge in [0, 0.05) is 13.7 Å². The molecule has 3 N–H and O–H groups in total. The maximum Gasteiger partial charge on any atom is 0.414 e. The second kappa shape index (κ2) is 14.0. The summed E-state index contributed by atoms with van der Waals surface area (Å²) in [7, 11) is 1.74. The van der Waals surface area contributed by atoms with E-state index in [0.29, 0.717) is 0 Å². The molecule has 0 saturated heterocycles. The van der Waals surface area contributed by atoms with Crippen LogP contribution in [-0.2, 0) is 19.7 Å². The van der Waals surface area contributed by atoms with Gasteiger partial charge >= 0.3 is 11.9 Å². The third-order valence-corrected chi connectivity index (χ3v) is 3.90. The number of hydrogen-bond acceptors (Lipinski definition) is 5. The molecule has 1 rings (SSSR count). The van der Waals surface area contributed by atoms with Crippen molar-refractivity contribution in [3.05, 3.63) is 29.3 Å². The summed E-state index contributed by atoms with van der Waals surface area (Å²) in [4.78, 5) is 18.2. The normalized spacial score (nSPS) is 10.8. The molecule has 0 saturated carbocycles. The summed E-state index contributed by atoms with van der Waals surface area (Å²) in [6.07, 6.45) is 3.30. The average molecular weight is 398 g/mol. The van der Waals surface area contributed by atoms with Crippen molar-refractivity contribution in [1.82, 2.24) is 5.32 Å². The molecular weight excluding hydrogens is 362 g/mol. The second-order valence-corrected chi connectivity index (χ2v) is 7.46. The first kappa shape index (κ1) is 25.9. The summed E-state index contributed by atoms with van der Waals surface area (Å²) in [6, 6.07) is 6.42. The third-order valence-electron chi connectivity index (χ3n) is 3.90. The zero-order valence-corrected chi connectivity index (χ0v) is 17.7. The lowest BCUT2D eigenvalue weighted by Gasteiger charge is -2.24. The van der Waals surface area contributed by atoms with Crippen molar-refractivity contribution < 1.29 is 29.3 Å². The molecule has 7 nitrogen and oxygen atoms in total. The average Bonchev–Trinajstić information content (AvgIpc) is 2.61. The molecule has 0 heterocycles. The van der Waals surface area contributed by atoms with Crippen molar-refractivity contribution in [1.29, 1.82) is 0 Å². The number of ether oxygens (including phenoxy) is 2. The fourth-order valence-electron chi connectivity index (χ4n) is 2.43. The predicted molar refractivity (Wildman–Crippen MR) is 109 cm³/mol. The number of para-hydroxylation sites is 1. The molecule has 28 heavy (non-hydrogen) atoms. The van der Waals surface area contributed by atoms with Crippen LogP contribution in [-0.4, -0.2) is 55.6 Å². The SMILES string of the molecule is COCCCNCCCCOc1c(C)cccc1C(C)(C)C.O=C(O)C(=O)O. The largest absolute Gasteiger partial charge is 0.493 e. The first-order valence-electron chi connectivity index (χ1n) is 9.50. The van der Waals surface area contributed by atoms with Crippen molar-refractivity contribution in [2.24, 2.45) is 0 Å². The van der Waals surface area contributed by atoms with E-state index in [-0.39, 0.29) is 5.41 Å². The minimum absolute atomic E-state index is 0.115. The molecule has 0 aromatic heterocycles. The van der Waals surface area contributed by atoms with Crippen LogP contribution in [0.15, 0.2) is 18.2 Å². The molecule has 0 aliphatic carbocycles. The van der Waals surface area contributed by atoms with Crippen LogP contribution in [0.25, 0.3) is 0 Å². The molecule has 0 aliphatic rings. The van der Waals surface area contributed by atoms with Crippen LogP contribution >= 0.6 is 0 Å². The van der Waals surface area contributed by atoms with Gasteiger partial charge in [-0.2, -0.15) is 0 Å². The number of hydrogen-bond donors (Lipinski definition) is 3. The van der Waals surface area contributed by atoms with Gasteiger partial charge in [0.05, 0.1) is 6.61 Å². The van der Waals surface area contributed by atoms with E-state index in [1.807, 2.05) is 0 Å². The molecule has 1 aromatic carbocycles. The maximum atomic E-state index is 9.10. The number of methoxy groups -OCH3 is 1. The number of rotatable bonds is 10. The van der Waals surface area contributed by atoms with Gasteiger partial charge < -0.3 is 25.0 Å². The van der Waals surface area contributed by atoms with E-state index in [2.05, 4.69) is 51.2 Å². The Bertz CT molecular complexity index is 583. The standard InChI is InChI=1S/C19H33NO2.C2H2O4/c1-16-10-8-11-17(19(2,3)4)18(16)22-15-7-6-12-20-13-9-14-21-5;3-1(4)2(5)6/h8,10-11,20H,6-7,9,12-15H2,1-5H3;(H,3,4)(H,5,6). The summed E-state index contributed by atoms with van der Waals surface area (Å²) >= 11 is 0. The fourth-order valence-corrected chi connectivity index (χ4v) is 2.43. The summed E-state index contributed by atoms with van der Waals surface area (Å²) in [5.74, 6) is -2.58. The molecule has 0 radical (unpaired) electrons. The van der Waals surface area contributed by atoms with E-state index in [9.17, 15) is 0 Å². The van der Waals surface area contributed by atoms with Gasteiger partial charge in [0.1, 0.15) is 5.75 Å². The van der Waals surface area contributed by atoms with Gasteiger partial charge in [-0.15, -0.1) is 0 Å². The molecule has 1 aromatic rings. The Hall–Kier alpha value is -2.12. The second-order valence-electron chi connectivity index (χ2n) is 7.46. The van der Waals surface area contributed by atoms with Crippen molar-refractivity contribution in [2.75, 3.05) is 33.4 Å². The van der Waals surface area contributed by atoms with Crippen LogP contribution in [0.3, 0.4) is 0 Å². The highest BCUT2D eigenvalue weighted by molar-refractivity contribution is 6.27. The maximum absolute atomic E-state index is 9.10. The van der Waals surface area contributed by atoms with E-state index in [0.717, 1.165) is 51.3 Å². The van der Waals surface area contributed by atoms with Crippen LogP contribution in [0, 0.1) is 6.92 Å². The monoisotopic (exact) mass is 397 g/mol. The van der Waals surface area contributed by atoms with E-state index in [4.69, 9.17) is 29.3 Å². The molecule has 160 valence electrons. The van der Waals surface area contributed by atoms with E-state index in [1.54, 1.807) is 7.11 Å². The highest BCUT2D eigenvalue weighted by atomic mass is 16.5. The van der Waals surface area contributed by atoms with Gasteiger partial charge in [-0.1, -0.05) is 39.0 Å². The van der Waals surface area contributed by atoms with Gasteiger partial charge in [-0.05, 0) is 55.8 Å². The van der Waals surface area contributed by atoms with Gasteiger partial charge in [0.2, 0.25) is 0 Å². The number of nitrogens with one attached hydrogen (secondary N) is 1. The molecule has 0 amide bonds. The summed E-state index contributed by atoms with van der Waals surface area (Å²) in [5, 5.41) is 18.2. The summed E-state index contributed by atoms with van der Waals surface area (Å²) < 4.78 is 11.1. The zero-order valence-electron chi connectivity index (χ0n) is 17.7. The predicted octanol–water partition coefficient (Wildman–Crippen LogP) is 3.23. The summed E-state index contributed by atoms with van der Waals surface area (Å²) in [6.45, 7) is 12.5. The highest BCUT2D eigenvalue weighted by Crippen LogP contribution is 2.33. The first-order valence-corrected chi connectivity index (χ1v) is 9.50. The lowest BCUT2D eigenvalue weighted by molar-refractivity contribution is -0.159. The lowest BCUT2D eigenvalue weighted by atomic mass is 9.85. The molecule has 0 aliphatic heterocycles. The van der Waals surface area contributed by atoms with Gasteiger partial charge in [0.15, 0.2) is 0 Å². The number of aliphatic carboxylic acids is 2. The van der Waals surface area contributed by atoms with E-state index < -0.39 is 11.9 Å². The summed E-state index contributed by atoms with van der Waals surface area (Å²) in [5.41, 5.74) is 2.64. The van der Waals surface area contributed by atoms with Gasteiger partial charge in [-0.25, -0.2) is 9.59 Å². The van der Waals surface area contributed by atoms with E-state index in [1.165, 1.54) is 11.1 Å². The Morgan fingerprint density at radius 2 is 1.61 bits per heavy atom. The Kier molecular flexibility index (Phi) is 12.9. The number of carboxylic acids is 2. The third kappa shape index (κ3) is 11.6. The number of unbranched alkanes of at least 4 members (excludes halogenated alkanes) is 1. The molecule has 0 bridgehead atoms. The highest BCUT2D eigenvalue weighted by Gasteiger charge is 2.19. The van der Waals surface area contributed by atoms with Crippen LogP contribution in [0.1, 0.15) is 51.2 Å². The van der Waals surface area contributed by atoms with Crippen molar-refractivity contribution >= 4 is 11.9 Å². The molecule has 0 unspecified atom stereocenters. The molecule has 0 spiro atoms. The number of carboxylic acid groups (broad SMARTS) is 2. The minimum atomic E-state index is -1.82. The minimum Gasteiger partial charge on any atom is -0.493 e. The van der Waals surface area contributed by atoms with Crippen molar-refractivity contribution in [3.63, 3.8) is 0 Å². The smallest absolute Gasteiger partial charge is 0.414 e. The van der Waals surface area contributed by atoms with Crippen molar-refractivity contribution in [2.45, 2.75) is 52.4 Å². The molecular formula is C21H35NO6. The topological polar surface area (TPSA) is 105 Å². The van der Waals surface area contributed by atoms with Gasteiger partial charge in [0.25, 0.3) is 0 Å². The Labute approximate surface area is 168 Å². The molecule has 0 atom stereocenters. The van der Waals surface area contributed by atoms with Crippen LogP contribution < -0.4 is 10.1 Å². The number of aryl methyl sites for hydroxylation is 1. The fraction of sp³-hybridized carbons (Fsp3) is 0.619. The zero-order chi connectivity index (χ0) is 21.6. The van der Waals surface area contributed by atoms with Crippen LogP contribution in [0.2, 0.25) is 0 Å². The van der Waals surface area contributed by atoms with Crippen LogP contribution in [0.5, 0.6) is 5.75 Å². The molecule has 7 heteroatoms. The quantitative estimate of drug-likeness (QED) is 0.411. The van der Waals surface area contributed by atoms with E-state index >= 15 is 0 Å². The Balaban J connectivity index is 0.00000105. The number of carbonyl (C=O) groups is 2. The molecule has 0 fully saturated rings. The Morgan fingerprint density at radius 3 is 2.14 bits per heavy atom. The Morgan fingerprint density at radius 1 is 1.00 bits per heavy atom. The van der Waals surface area contributed by atoms with Crippen molar-refractivity contribution in [3.8, 4) is 5.75 Å². The first-order chi connectivity index (χ1) is 13.1. The van der Waals surface area contributed by atoms with Gasteiger partial charge in [-0.3, -0.25) is 0 Å².